The Morgan fingerprint density at radius 2 is 0.917 bits per heavy atom. The number of hydrogen-bond acceptors (Lipinski definition) is 2. The van der Waals surface area contributed by atoms with Crippen LogP contribution in [0.1, 0.15) is 11.1 Å². The molecule has 0 spiro atoms. The zero-order chi connectivity index (χ0) is 16.5. The Balaban J connectivity index is 2.07. The van der Waals surface area contributed by atoms with E-state index in [9.17, 15) is 0 Å². The second-order valence-corrected chi connectivity index (χ2v) is 6.11. The van der Waals surface area contributed by atoms with Gasteiger partial charge in [-0.2, -0.15) is 0 Å². The number of fused-ring (bicyclic) bond motifs is 1. The van der Waals surface area contributed by atoms with Crippen molar-refractivity contribution in [3.8, 4) is 22.5 Å². The fraction of sp³-hybridized carbons (Fsp3) is 0.0909. The summed E-state index contributed by atoms with van der Waals surface area (Å²) < 4.78 is 0. The second kappa shape index (κ2) is 5.89. The van der Waals surface area contributed by atoms with Crippen LogP contribution in [0.15, 0.2) is 72.8 Å². The lowest BCUT2D eigenvalue weighted by atomic mass is 9.96. The van der Waals surface area contributed by atoms with Gasteiger partial charge in [-0.3, -0.25) is 0 Å². The molecule has 3 aromatic carbocycles. The summed E-state index contributed by atoms with van der Waals surface area (Å²) >= 11 is 0. The van der Waals surface area contributed by atoms with Crippen molar-refractivity contribution < 1.29 is 0 Å². The Morgan fingerprint density at radius 3 is 1.29 bits per heavy atom. The van der Waals surface area contributed by atoms with Gasteiger partial charge in [0.15, 0.2) is 0 Å². The molecule has 1 heterocycles. The SMILES string of the molecule is Cc1cc2c(-c3ccccc3)nnc(-c3ccccc3)c2cc1C. The molecule has 0 unspecified atom stereocenters. The first kappa shape index (κ1) is 14.6. The molecule has 0 saturated carbocycles. The van der Waals surface area contributed by atoms with Crippen molar-refractivity contribution in [1.29, 1.82) is 0 Å². The molecule has 24 heavy (non-hydrogen) atoms. The van der Waals surface area contributed by atoms with Gasteiger partial charge in [0.2, 0.25) is 0 Å². The molecule has 0 aliphatic carbocycles. The fourth-order valence-electron chi connectivity index (χ4n) is 3.03. The van der Waals surface area contributed by atoms with Gasteiger partial charge in [0.1, 0.15) is 11.4 Å². The molecule has 0 radical (unpaired) electrons. The first-order chi connectivity index (χ1) is 11.7. The lowest BCUT2D eigenvalue weighted by molar-refractivity contribution is 1.06. The van der Waals surface area contributed by atoms with E-state index in [1.54, 1.807) is 0 Å². The summed E-state index contributed by atoms with van der Waals surface area (Å²) in [6, 6.07) is 25.0. The Bertz CT molecular complexity index is 922. The van der Waals surface area contributed by atoms with Crippen molar-refractivity contribution >= 4 is 10.8 Å². The molecule has 4 aromatic rings. The van der Waals surface area contributed by atoms with Gasteiger partial charge < -0.3 is 0 Å². The molecular formula is C22H18N2. The first-order valence-electron chi connectivity index (χ1n) is 8.12. The average Bonchev–Trinajstić information content (AvgIpc) is 2.63. The maximum absolute atomic E-state index is 4.57. The molecule has 0 bridgehead atoms. The van der Waals surface area contributed by atoms with Gasteiger partial charge in [0, 0.05) is 21.9 Å². The molecule has 0 aliphatic rings. The van der Waals surface area contributed by atoms with E-state index in [1.807, 2.05) is 36.4 Å². The molecule has 1 aromatic heterocycles. The molecular weight excluding hydrogens is 292 g/mol. The Morgan fingerprint density at radius 1 is 0.542 bits per heavy atom. The summed E-state index contributed by atoms with van der Waals surface area (Å²) in [6.07, 6.45) is 0. The van der Waals surface area contributed by atoms with Crippen molar-refractivity contribution in [1.82, 2.24) is 10.2 Å². The van der Waals surface area contributed by atoms with Crippen molar-refractivity contribution in [2.75, 3.05) is 0 Å². The molecule has 0 saturated heterocycles. The summed E-state index contributed by atoms with van der Waals surface area (Å²) in [4.78, 5) is 0. The number of rotatable bonds is 2. The fourth-order valence-corrected chi connectivity index (χ4v) is 3.03. The Kier molecular flexibility index (Phi) is 3.58. The van der Waals surface area contributed by atoms with E-state index in [1.165, 1.54) is 11.1 Å². The van der Waals surface area contributed by atoms with Gasteiger partial charge in [0.25, 0.3) is 0 Å². The minimum Gasteiger partial charge on any atom is -0.149 e. The predicted molar refractivity (Wildman–Crippen MR) is 99.9 cm³/mol. The summed E-state index contributed by atoms with van der Waals surface area (Å²) in [5, 5.41) is 11.5. The highest BCUT2D eigenvalue weighted by Gasteiger charge is 2.13. The number of aromatic nitrogens is 2. The average molecular weight is 310 g/mol. The molecule has 116 valence electrons. The summed E-state index contributed by atoms with van der Waals surface area (Å²) in [6.45, 7) is 4.29. The van der Waals surface area contributed by atoms with Crippen LogP contribution < -0.4 is 0 Å². The van der Waals surface area contributed by atoms with Crippen molar-refractivity contribution in [2.45, 2.75) is 13.8 Å². The van der Waals surface area contributed by atoms with Crippen LogP contribution in [0.3, 0.4) is 0 Å². The van der Waals surface area contributed by atoms with Gasteiger partial charge in [-0.25, -0.2) is 0 Å². The van der Waals surface area contributed by atoms with Crippen LogP contribution in [0.4, 0.5) is 0 Å². The number of nitrogens with zero attached hydrogens (tertiary/aromatic N) is 2. The van der Waals surface area contributed by atoms with Crippen LogP contribution >= 0.6 is 0 Å². The third-order valence-corrected chi connectivity index (χ3v) is 4.49. The highest BCUT2D eigenvalue weighted by atomic mass is 15.1. The number of aryl methyl sites for hydroxylation is 2. The van der Waals surface area contributed by atoms with Crippen LogP contribution in [-0.4, -0.2) is 10.2 Å². The lowest BCUT2D eigenvalue weighted by Gasteiger charge is -2.12. The Hall–Kier alpha value is -3.00. The van der Waals surface area contributed by atoms with E-state index in [-0.39, 0.29) is 0 Å². The van der Waals surface area contributed by atoms with E-state index in [0.29, 0.717) is 0 Å². The standard InChI is InChI=1S/C22H18N2/c1-15-13-19-20(14-16(15)2)22(18-11-7-4-8-12-18)24-23-21(19)17-9-5-3-6-10-17/h3-14H,1-2H3. The smallest absolute Gasteiger partial charge is 0.101 e. The van der Waals surface area contributed by atoms with E-state index in [0.717, 1.165) is 33.3 Å². The molecule has 4 rings (SSSR count). The van der Waals surface area contributed by atoms with Crippen molar-refractivity contribution in [2.24, 2.45) is 0 Å². The molecule has 0 atom stereocenters. The topological polar surface area (TPSA) is 25.8 Å². The highest BCUT2D eigenvalue weighted by molar-refractivity contribution is 6.02. The largest absolute Gasteiger partial charge is 0.149 e. The van der Waals surface area contributed by atoms with Crippen molar-refractivity contribution in [3.05, 3.63) is 83.9 Å². The zero-order valence-electron chi connectivity index (χ0n) is 13.8. The zero-order valence-corrected chi connectivity index (χ0v) is 13.8. The van der Waals surface area contributed by atoms with Gasteiger partial charge in [-0.05, 0) is 37.1 Å². The summed E-state index contributed by atoms with van der Waals surface area (Å²) in [7, 11) is 0. The number of hydrogen-bond donors (Lipinski definition) is 0. The normalized spacial score (nSPS) is 10.9. The summed E-state index contributed by atoms with van der Waals surface area (Å²) in [5.74, 6) is 0. The van der Waals surface area contributed by atoms with Gasteiger partial charge in [-0.15, -0.1) is 10.2 Å². The van der Waals surface area contributed by atoms with E-state index in [4.69, 9.17) is 0 Å². The molecule has 0 aliphatic heterocycles. The van der Waals surface area contributed by atoms with E-state index in [2.05, 4.69) is 60.4 Å². The van der Waals surface area contributed by atoms with E-state index >= 15 is 0 Å². The molecule has 0 amide bonds. The minimum absolute atomic E-state index is 0.938. The first-order valence-corrected chi connectivity index (χ1v) is 8.12. The van der Waals surface area contributed by atoms with E-state index < -0.39 is 0 Å². The van der Waals surface area contributed by atoms with Crippen LogP contribution in [0.25, 0.3) is 33.3 Å². The molecule has 2 heteroatoms. The molecule has 2 nitrogen and oxygen atoms in total. The van der Waals surface area contributed by atoms with Gasteiger partial charge in [0.05, 0.1) is 0 Å². The monoisotopic (exact) mass is 310 g/mol. The maximum atomic E-state index is 4.57. The third-order valence-electron chi connectivity index (χ3n) is 4.49. The van der Waals surface area contributed by atoms with Gasteiger partial charge in [-0.1, -0.05) is 60.7 Å². The van der Waals surface area contributed by atoms with Crippen LogP contribution in [0.5, 0.6) is 0 Å². The van der Waals surface area contributed by atoms with Gasteiger partial charge >= 0.3 is 0 Å². The summed E-state index contributed by atoms with van der Waals surface area (Å²) in [5.41, 5.74) is 6.61. The maximum Gasteiger partial charge on any atom is 0.101 e. The van der Waals surface area contributed by atoms with Crippen LogP contribution in [0, 0.1) is 13.8 Å². The highest BCUT2D eigenvalue weighted by Crippen LogP contribution is 2.33. The molecule has 0 fully saturated rings. The molecule has 0 N–H and O–H groups in total. The quantitative estimate of drug-likeness (QED) is 0.483. The predicted octanol–water partition coefficient (Wildman–Crippen LogP) is 5.58. The van der Waals surface area contributed by atoms with Crippen LogP contribution in [0.2, 0.25) is 0 Å². The van der Waals surface area contributed by atoms with Crippen molar-refractivity contribution in [3.63, 3.8) is 0 Å². The lowest BCUT2D eigenvalue weighted by Crippen LogP contribution is -1.96. The van der Waals surface area contributed by atoms with Crippen LogP contribution in [-0.2, 0) is 0 Å². The minimum atomic E-state index is 0.938. The second-order valence-electron chi connectivity index (χ2n) is 6.11. The third kappa shape index (κ3) is 2.46. The number of benzene rings is 3. The Labute approximate surface area is 141 Å².